The molecule has 0 radical (unpaired) electrons. The highest BCUT2D eigenvalue weighted by Crippen LogP contribution is 2.31. The molecule has 1 aliphatic carbocycles. The SMILES string of the molecule is NC(N)=NC1(O)[C@H](O)[C@H](O)C(O)[C@H](O)[C@H]1O. The molecule has 2 unspecified atom stereocenters. The molecular formula is C7H15N3O6. The monoisotopic (exact) mass is 237 g/mol. The first kappa shape index (κ1) is 13.1. The van der Waals surface area contributed by atoms with Crippen LogP contribution in [0.4, 0.5) is 0 Å². The zero-order valence-electron chi connectivity index (χ0n) is 8.17. The molecule has 9 heteroatoms. The fraction of sp³-hybridized carbons (Fsp3) is 0.857. The van der Waals surface area contributed by atoms with Crippen LogP contribution in [0.1, 0.15) is 0 Å². The number of aliphatic imine (C=N–C) groups is 1. The molecule has 16 heavy (non-hydrogen) atoms. The van der Waals surface area contributed by atoms with Gasteiger partial charge in [0.25, 0.3) is 0 Å². The molecule has 0 saturated heterocycles. The van der Waals surface area contributed by atoms with Gasteiger partial charge >= 0.3 is 0 Å². The lowest BCUT2D eigenvalue weighted by Gasteiger charge is -2.45. The van der Waals surface area contributed by atoms with E-state index in [0.717, 1.165) is 0 Å². The molecule has 1 rings (SSSR count). The summed E-state index contributed by atoms with van der Waals surface area (Å²) in [6, 6.07) is 0. The Labute approximate surface area is 90.3 Å². The number of guanidine groups is 1. The summed E-state index contributed by atoms with van der Waals surface area (Å²) < 4.78 is 0. The Bertz CT molecular complexity index is 278. The van der Waals surface area contributed by atoms with Crippen LogP contribution < -0.4 is 11.5 Å². The van der Waals surface area contributed by atoms with Gasteiger partial charge in [-0.1, -0.05) is 0 Å². The highest BCUT2D eigenvalue weighted by molar-refractivity contribution is 5.76. The summed E-state index contributed by atoms with van der Waals surface area (Å²) in [5.41, 5.74) is 7.29. The van der Waals surface area contributed by atoms with Crippen molar-refractivity contribution in [2.24, 2.45) is 16.5 Å². The fourth-order valence-corrected chi connectivity index (χ4v) is 1.59. The van der Waals surface area contributed by atoms with Gasteiger partial charge in [0.05, 0.1) is 0 Å². The molecule has 0 heterocycles. The summed E-state index contributed by atoms with van der Waals surface area (Å²) in [7, 11) is 0. The number of hydrogen-bond acceptors (Lipinski definition) is 7. The van der Waals surface area contributed by atoms with Gasteiger partial charge in [-0.2, -0.15) is 0 Å². The smallest absolute Gasteiger partial charge is 0.217 e. The number of rotatable bonds is 1. The van der Waals surface area contributed by atoms with Crippen molar-refractivity contribution in [3.05, 3.63) is 0 Å². The normalized spacial score (nSPS) is 48.8. The van der Waals surface area contributed by atoms with Crippen molar-refractivity contribution in [1.29, 1.82) is 0 Å². The van der Waals surface area contributed by atoms with Gasteiger partial charge in [-0.3, -0.25) is 0 Å². The number of aliphatic hydroxyl groups is 6. The fourth-order valence-electron chi connectivity index (χ4n) is 1.59. The van der Waals surface area contributed by atoms with Crippen molar-refractivity contribution in [2.45, 2.75) is 36.2 Å². The zero-order valence-corrected chi connectivity index (χ0v) is 8.17. The number of aliphatic hydroxyl groups excluding tert-OH is 5. The molecule has 1 fully saturated rings. The maximum Gasteiger partial charge on any atom is 0.217 e. The van der Waals surface area contributed by atoms with Crippen molar-refractivity contribution in [1.82, 2.24) is 0 Å². The van der Waals surface area contributed by atoms with Crippen molar-refractivity contribution in [2.75, 3.05) is 0 Å². The Hall–Kier alpha value is -0.970. The molecule has 1 saturated carbocycles. The van der Waals surface area contributed by atoms with Crippen molar-refractivity contribution in [3.8, 4) is 0 Å². The van der Waals surface area contributed by atoms with Crippen LogP contribution >= 0.6 is 0 Å². The summed E-state index contributed by atoms with van der Waals surface area (Å²) in [5.74, 6) is -0.656. The average Bonchev–Trinajstić information content (AvgIpc) is 2.21. The van der Waals surface area contributed by atoms with E-state index in [9.17, 15) is 30.6 Å². The topological polar surface area (TPSA) is 186 Å². The minimum atomic E-state index is -2.67. The summed E-state index contributed by atoms with van der Waals surface area (Å²) in [6.07, 6.45) is -9.69. The lowest BCUT2D eigenvalue weighted by Crippen LogP contribution is -2.70. The van der Waals surface area contributed by atoms with Gasteiger partial charge in [0.1, 0.15) is 30.5 Å². The molecule has 0 bridgehead atoms. The standard InChI is InChI=1S/C7H15N3O6/c8-6(9)10-7(16)4(14)2(12)1(11)3(13)5(7)15/h1-5,11-16H,(H4,8,9,10)/t1?,2-,3+,4-,5-,7?/m1/s1. The quantitative estimate of drug-likeness (QED) is 0.164. The first-order chi connectivity index (χ1) is 7.21. The predicted octanol–water partition coefficient (Wildman–Crippen LogP) is -5.23. The molecular weight excluding hydrogens is 222 g/mol. The molecule has 94 valence electrons. The number of nitrogens with two attached hydrogens (primary N) is 2. The van der Waals surface area contributed by atoms with Gasteiger partial charge in [0, 0.05) is 0 Å². The second-order valence-corrected chi connectivity index (χ2v) is 3.68. The largest absolute Gasteiger partial charge is 0.387 e. The molecule has 1 aliphatic rings. The molecule has 10 N–H and O–H groups in total. The molecule has 6 atom stereocenters. The van der Waals surface area contributed by atoms with Crippen LogP contribution in [0.3, 0.4) is 0 Å². The minimum absolute atomic E-state index is 0.656. The van der Waals surface area contributed by atoms with Crippen LogP contribution in [-0.2, 0) is 0 Å². The molecule has 0 aromatic carbocycles. The Balaban J connectivity index is 3.12. The zero-order chi connectivity index (χ0) is 12.7. The molecule has 0 amide bonds. The average molecular weight is 237 g/mol. The van der Waals surface area contributed by atoms with Crippen LogP contribution in [0, 0.1) is 0 Å². The number of nitrogens with zero attached hydrogens (tertiary/aromatic N) is 1. The third-order valence-electron chi connectivity index (χ3n) is 2.53. The Kier molecular flexibility index (Phi) is 3.38. The van der Waals surface area contributed by atoms with Crippen LogP contribution in [0.2, 0.25) is 0 Å². The van der Waals surface area contributed by atoms with Crippen molar-refractivity contribution >= 4 is 5.96 Å². The van der Waals surface area contributed by atoms with E-state index in [2.05, 4.69) is 4.99 Å². The Morgan fingerprint density at radius 2 is 1.25 bits per heavy atom. The van der Waals surface area contributed by atoms with Gasteiger partial charge < -0.3 is 42.1 Å². The van der Waals surface area contributed by atoms with Gasteiger partial charge in [0.2, 0.25) is 5.72 Å². The first-order valence-corrected chi connectivity index (χ1v) is 4.45. The molecule has 9 nitrogen and oxygen atoms in total. The van der Waals surface area contributed by atoms with Gasteiger partial charge in [0.15, 0.2) is 5.96 Å². The Morgan fingerprint density at radius 1 is 0.875 bits per heavy atom. The highest BCUT2D eigenvalue weighted by atomic mass is 16.4. The third kappa shape index (κ3) is 1.84. The van der Waals surface area contributed by atoms with Crippen molar-refractivity contribution < 1.29 is 30.6 Å². The lowest BCUT2D eigenvalue weighted by atomic mass is 9.80. The van der Waals surface area contributed by atoms with E-state index in [1.165, 1.54) is 0 Å². The van der Waals surface area contributed by atoms with Crippen LogP contribution in [0.15, 0.2) is 4.99 Å². The maximum atomic E-state index is 9.76. The second-order valence-electron chi connectivity index (χ2n) is 3.68. The molecule has 0 aromatic rings. The van der Waals surface area contributed by atoms with Gasteiger partial charge in [-0.05, 0) is 0 Å². The maximum absolute atomic E-state index is 9.76. The van der Waals surface area contributed by atoms with E-state index in [1.54, 1.807) is 0 Å². The Morgan fingerprint density at radius 3 is 1.56 bits per heavy atom. The van der Waals surface area contributed by atoms with Crippen molar-refractivity contribution in [3.63, 3.8) is 0 Å². The number of hydrogen-bond donors (Lipinski definition) is 8. The molecule has 0 aliphatic heterocycles. The lowest BCUT2D eigenvalue weighted by molar-refractivity contribution is -0.264. The van der Waals surface area contributed by atoms with Gasteiger partial charge in [-0.15, -0.1) is 0 Å². The first-order valence-electron chi connectivity index (χ1n) is 4.45. The van der Waals surface area contributed by atoms with E-state index < -0.39 is 42.2 Å². The molecule has 0 aromatic heterocycles. The van der Waals surface area contributed by atoms with E-state index in [-0.39, 0.29) is 0 Å². The third-order valence-corrected chi connectivity index (χ3v) is 2.53. The molecule has 0 spiro atoms. The van der Waals surface area contributed by atoms with Crippen LogP contribution in [-0.4, -0.2) is 72.8 Å². The minimum Gasteiger partial charge on any atom is -0.387 e. The summed E-state index contributed by atoms with van der Waals surface area (Å²) in [6.45, 7) is 0. The van der Waals surface area contributed by atoms with Crippen LogP contribution in [0.5, 0.6) is 0 Å². The van der Waals surface area contributed by atoms with E-state index in [0.29, 0.717) is 0 Å². The highest BCUT2D eigenvalue weighted by Gasteiger charge is 2.58. The van der Waals surface area contributed by atoms with Crippen LogP contribution in [0.25, 0.3) is 0 Å². The summed E-state index contributed by atoms with van der Waals surface area (Å²) in [4.78, 5) is 3.16. The van der Waals surface area contributed by atoms with E-state index in [4.69, 9.17) is 11.5 Å². The second kappa shape index (κ2) is 4.13. The van der Waals surface area contributed by atoms with E-state index >= 15 is 0 Å². The summed E-state index contributed by atoms with van der Waals surface area (Å²) in [5, 5.41) is 56.5. The van der Waals surface area contributed by atoms with Gasteiger partial charge in [-0.25, -0.2) is 4.99 Å². The predicted molar refractivity (Wildman–Crippen MR) is 50.8 cm³/mol. The summed E-state index contributed by atoms with van der Waals surface area (Å²) >= 11 is 0. The van der Waals surface area contributed by atoms with E-state index in [1.807, 2.05) is 0 Å².